The number of hydrogen-bond acceptors (Lipinski definition) is 5. The van der Waals surface area contributed by atoms with Gasteiger partial charge in [0.25, 0.3) is 11.5 Å². The zero-order chi connectivity index (χ0) is 25.2. The molecule has 0 fully saturated rings. The van der Waals surface area contributed by atoms with Crippen molar-refractivity contribution in [1.82, 2.24) is 4.57 Å². The number of thiazole rings is 1. The second kappa shape index (κ2) is 9.75. The highest BCUT2D eigenvalue weighted by Crippen LogP contribution is 2.31. The molecule has 0 aliphatic carbocycles. The first-order valence-corrected chi connectivity index (χ1v) is 12.0. The molecule has 0 saturated carbocycles. The van der Waals surface area contributed by atoms with E-state index in [9.17, 15) is 14.0 Å². The summed E-state index contributed by atoms with van der Waals surface area (Å²) >= 11 is 1.21. The molecule has 8 heteroatoms. The standard InChI is InChI=1S/C28H22FN3O3S/c1-17-24(26(33)31-21-9-4-3-5-10-21)25(19-11-13-22(35-2)14-12-19)32-27(34)23(36-28(32)30-17)16-18-7-6-8-20(29)15-18/h3-16,25H,1-2H3,(H,31,33)/b23-16-/t25-/m1/s1. The summed E-state index contributed by atoms with van der Waals surface area (Å²) in [5, 5.41) is 2.92. The highest BCUT2D eigenvalue weighted by atomic mass is 32.1. The van der Waals surface area contributed by atoms with E-state index in [1.54, 1.807) is 56.5 Å². The van der Waals surface area contributed by atoms with E-state index in [-0.39, 0.29) is 17.3 Å². The van der Waals surface area contributed by atoms with Crippen LogP contribution in [0.5, 0.6) is 5.75 Å². The summed E-state index contributed by atoms with van der Waals surface area (Å²) < 4.78 is 21.0. The summed E-state index contributed by atoms with van der Waals surface area (Å²) in [5.74, 6) is -0.0701. The Morgan fingerprint density at radius 2 is 1.83 bits per heavy atom. The van der Waals surface area contributed by atoms with Crippen LogP contribution in [0.4, 0.5) is 10.1 Å². The van der Waals surface area contributed by atoms with Crippen LogP contribution in [-0.4, -0.2) is 17.6 Å². The van der Waals surface area contributed by atoms with Gasteiger partial charge in [-0.15, -0.1) is 0 Å². The molecule has 1 atom stereocenters. The van der Waals surface area contributed by atoms with Crippen LogP contribution in [0.2, 0.25) is 0 Å². The van der Waals surface area contributed by atoms with Gasteiger partial charge >= 0.3 is 0 Å². The van der Waals surface area contributed by atoms with Crippen molar-refractivity contribution in [2.75, 3.05) is 12.4 Å². The number of ether oxygens (including phenoxy) is 1. The van der Waals surface area contributed by atoms with Crippen LogP contribution in [0.25, 0.3) is 6.08 Å². The number of rotatable bonds is 5. The quantitative estimate of drug-likeness (QED) is 0.451. The number of anilines is 1. The maximum absolute atomic E-state index is 13.7. The van der Waals surface area contributed by atoms with E-state index in [0.717, 1.165) is 5.56 Å². The van der Waals surface area contributed by atoms with E-state index < -0.39 is 6.04 Å². The molecule has 36 heavy (non-hydrogen) atoms. The van der Waals surface area contributed by atoms with Gasteiger partial charge in [0, 0.05) is 5.69 Å². The average molecular weight is 500 g/mol. The first-order chi connectivity index (χ1) is 17.4. The summed E-state index contributed by atoms with van der Waals surface area (Å²) in [4.78, 5) is 32.3. The number of methoxy groups -OCH3 is 1. The summed E-state index contributed by atoms with van der Waals surface area (Å²) in [6.07, 6.45) is 1.64. The lowest BCUT2D eigenvalue weighted by atomic mass is 9.95. The Hall–Kier alpha value is -4.30. The van der Waals surface area contributed by atoms with E-state index in [1.807, 2.05) is 30.3 Å². The van der Waals surface area contributed by atoms with E-state index in [2.05, 4.69) is 10.3 Å². The minimum Gasteiger partial charge on any atom is -0.497 e. The highest BCUT2D eigenvalue weighted by molar-refractivity contribution is 7.07. The van der Waals surface area contributed by atoms with Gasteiger partial charge in [-0.2, -0.15) is 0 Å². The van der Waals surface area contributed by atoms with Crippen LogP contribution in [0, 0.1) is 5.82 Å². The number of para-hydroxylation sites is 1. The monoisotopic (exact) mass is 499 g/mol. The predicted octanol–water partition coefficient (Wildman–Crippen LogP) is 4.02. The van der Waals surface area contributed by atoms with Crippen molar-refractivity contribution in [3.63, 3.8) is 0 Å². The number of allylic oxidation sites excluding steroid dienone is 1. The third-order valence-corrected chi connectivity index (χ3v) is 6.86. The molecule has 0 saturated heterocycles. The number of hydrogen-bond donors (Lipinski definition) is 1. The Labute approximate surface area is 210 Å². The van der Waals surface area contributed by atoms with Crippen molar-refractivity contribution in [3.05, 3.63) is 127 Å². The number of carbonyl (C=O) groups is 1. The van der Waals surface area contributed by atoms with Crippen LogP contribution in [0.1, 0.15) is 24.1 Å². The number of carbonyl (C=O) groups excluding carboxylic acids is 1. The largest absolute Gasteiger partial charge is 0.497 e. The third-order valence-electron chi connectivity index (χ3n) is 5.88. The third kappa shape index (κ3) is 4.50. The summed E-state index contributed by atoms with van der Waals surface area (Å²) in [5.41, 5.74) is 2.53. The molecule has 1 aliphatic rings. The molecular weight excluding hydrogens is 477 g/mol. The molecule has 1 aliphatic heterocycles. The van der Waals surface area contributed by atoms with Crippen LogP contribution in [0.15, 0.2) is 99.9 Å². The molecule has 3 aromatic carbocycles. The number of aromatic nitrogens is 1. The molecule has 1 amide bonds. The second-order valence-corrected chi connectivity index (χ2v) is 9.24. The maximum atomic E-state index is 13.7. The minimum absolute atomic E-state index is 0.304. The van der Waals surface area contributed by atoms with Crippen LogP contribution < -0.4 is 24.9 Å². The van der Waals surface area contributed by atoms with E-state index in [0.29, 0.717) is 37.6 Å². The average Bonchev–Trinajstić information content (AvgIpc) is 3.18. The summed E-state index contributed by atoms with van der Waals surface area (Å²) in [7, 11) is 1.58. The van der Waals surface area contributed by atoms with Gasteiger partial charge in [-0.05, 0) is 60.5 Å². The van der Waals surface area contributed by atoms with Crippen molar-refractivity contribution < 1.29 is 13.9 Å². The molecule has 2 heterocycles. The number of nitrogens with zero attached hydrogens (tertiary/aromatic N) is 2. The molecular formula is C28H22FN3O3S. The van der Waals surface area contributed by atoms with Crippen molar-refractivity contribution in [1.29, 1.82) is 0 Å². The number of nitrogens with one attached hydrogen (secondary N) is 1. The lowest BCUT2D eigenvalue weighted by Crippen LogP contribution is -2.40. The van der Waals surface area contributed by atoms with Gasteiger partial charge in [0.2, 0.25) is 0 Å². The Morgan fingerprint density at radius 3 is 2.53 bits per heavy atom. The SMILES string of the molecule is COc1ccc([C@@H]2C(C(=O)Nc3ccccc3)=C(C)N=c3s/c(=C\c4cccc(F)c4)c(=O)n32)cc1. The molecule has 0 radical (unpaired) electrons. The highest BCUT2D eigenvalue weighted by Gasteiger charge is 2.32. The first-order valence-electron chi connectivity index (χ1n) is 11.2. The maximum Gasteiger partial charge on any atom is 0.271 e. The normalized spacial score (nSPS) is 15.3. The van der Waals surface area contributed by atoms with Gasteiger partial charge < -0.3 is 10.1 Å². The fourth-order valence-electron chi connectivity index (χ4n) is 4.18. The minimum atomic E-state index is -0.703. The fraction of sp³-hybridized carbons (Fsp3) is 0.107. The molecule has 0 unspecified atom stereocenters. The van der Waals surface area contributed by atoms with Gasteiger partial charge in [0.05, 0.1) is 29.0 Å². The lowest BCUT2D eigenvalue weighted by molar-refractivity contribution is -0.113. The van der Waals surface area contributed by atoms with Crippen LogP contribution >= 0.6 is 11.3 Å². The van der Waals surface area contributed by atoms with Crippen molar-refractivity contribution in [2.45, 2.75) is 13.0 Å². The van der Waals surface area contributed by atoms with Gasteiger partial charge in [-0.1, -0.05) is 53.8 Å². The van der Waals surface area contributed by atoms with Gasteiger partial charge in [0.15, 0.2) is 4.80 Å². The smallest absolute Gasteiger partial charge is 0.271 e. The molecule has 1 aromatic heterocycles. The van der Waals surface area contributed by atoms with Crippen LogP contribution in [-0.2, 0) is 4.79 Å². The molecule has 0 bridgehead atoms. The van der Waals surface area contributed by atoms with Crippen molar-refractivity contribution in [3.8, 4) is 5.75 Å². The second-order valence-electron chi connectivity index (χ2n) is 8.23. The van der Waals surface area contributed by atoms with Crippen molar-refractivity contribution >= 4 is 29.0 Å². The van der Waals surface area contributed by atoms with Crippen LogP contribution in [0.3, 0.4) is 0 Å². The topological polar surface area (TPSA) is 72.7 Å². The number of benzene rings is 3. The lowest BCUT2D eigenvalue weighted by Gasteiger charge is -2.25. The fourth-order valence-corrected chi connectivity index (χ4v) is 5.23. The molecule has 180 valence electrons. The zero-order valence-corrected chi connectivity index (χ0v) is 20.4. The van der Waals surface area contributed by atoms with Gasteiger partial charge in [0.1, 0.15) is 11.6 Å². The predicted molar refractivity (Wildman–Crippen MR) is 138 cm³/mol. The molecule has 1 N–H and O–H groups in total. The van der Waals surface area contributed by atoms with E-state index in [1.165, 1.54) is 28.0 Å². The van der Waals surface area contributed by atoms with Gasteiger partial charge in [-0.25, -0.2) is 9.38 Å². The van der Waals surface area contributed by atoms with Crippen molar-refractivity contribution in [2.24, 2.45) is 4.99 Å². The van der Waals surface area contributed by atoms with E-state index >= 15 is 0 Å². The number of fused-ring (bicyclic) bond motifs is 1. The summed E-state index contributed by atoms with van der Waals surface area (Å²) in [6.45, 7) is 1.76. The molecule has 0 spiro atoms. The Kier molecular flexibility index (Phi) is 6.35. The molecule has 5 rings (SSSR count). The van der Waals surface area contributed by atoms with E-state index in [4.69, 9.17) is 4.74 Å². The Morgan fingerprint density at radius 1 is 1.08 bits per heavy atom. The Bertz CT molecular complexity index is 1650. The number of amides is 1. The zero-order valence-electron chi connectivity index (χ0n) is 19.6. The Balaban J connectivity index is 1.68. The molecule has 6 nitrogen and oxygen atoms in total. The first kappa shape index (κ1) is 23.4. The molecule has 4 aromatic rings. The van der Waals surface area contributed by atoms with Gasteiger partial charge in [-0.3, -0.25) is 14.2 Å². The summed E-state index contributed by atoms with van der Waals surface area (Å²) in [6, 6.07) is 21.7. The number of halogens is 1.